The van der Waals surface area contributed by atoms with E-state index in [9.17, 15) is 4.39 Å². The second-order valence-corrected chi connectivity index (χ2v) is 4.16. The number of hydrogen-bond acceptors (Lipinski definition) is 2. The molecule has 0 radical (unpaired) electrons. The van der Waals surface area contributed by atoms with Crippen molar-refractivity contribution in [2.45, 2.75) is 12.8 Å². The molecule has 0 bridgehead atoms. The molecule has 0 fully saturated rings. The molecule has 2 rings (SSSR count). The van der Waals surface area contributed by atoms with Gasteiger partial charge in [0, 0.05) is 16.8 Å². The van der Waals surface area contributed by atoms with Crippen molar-refractivity contribution < 1.29 is 4.39 Å². The first-order chi connectivity index (χ1) is 8.18. The zero-order valence-corrected chi connectivity index (χ0v) is 9.91. The average Bonchev–Trinajstić information content (AvgIpc) is 2.30. The van der Waals surface area contributed by atoms with Crippen LogP contribution in [0.1, 0.15) is 11.1 Å². The summed E-state index contributed by atoms with van der Waals surface area (Å²) in [7, 11) is 0. The summed E-state index contributed by atoms with van der Waals surface area (Å²) in [5.74, 6) is 0.208. The first kappa shape index (κ1) is 11.9. The van der Waals surface area contributed by atoms with Gasteiger partial charge in [-0.3, -0.25) is 0 Å². The van der Waals surface area contributed by atoms with Crippen LogP contribution < -0.4 is 5.73 Å². The first-order valence-corrected chi connectivity index (χ1v) is 5.68. The van der Waals surface area contributed by atoms with Gasteiger partial charge in [-0.2, -0.15) is 0 Å². The molecule has 2 aromatic rings. The Hall–Kier alpha value is -1.61. The first-order valence-electron chi connectivity index (χ1n) is 5.30. The lowest BCUT2D eigenvalue weighted by atomic mass is 10.0. The molecule has 4 heteroatoms. The summed E-state index contributed by atoms with van der Waals surface area (Å²) >= 11 is 5.95. The Bertz CT molecular complexity index is 508. The Kier molecular flexibility index (Phi) is 3.59. The molecule has 0 unspecified atom stereocenters. The van der Waals surface area contributed by atoms with Gasteiger partial charge in [-0.1, -0.05) is 23.7 Å². The molecule has 88 valence electrons. The fourth-order valence-electron chi connectivity index (χ4n) is 1.69. The number of nitrogens with two attached hydrogens (primary N) is 1. The molecule has 1 aromatic carbocycles. The van der Waals surface area contributed by atoms with E-state index in [-0.39, 0.29) is 5.82 Å². The second-order valence-electron chi connectivity index (χ2n) is 3.75. The van der Waals surface area contributed by atoms with Gasteiger partial charge in [-0.15, -0.1) is 0 Å². The highest BCUT2D eigenvalue weighted by atomic mass is 35.5. The lowest BCUT2D eigenvalue weighted by Crippen LogP contribution is -2.01. The number of rotatable bonds is 3. The van der Waals surface area contributed by atoms with Crippen molar-refractivity contribution in [3.05, 3.63) is 58.5 Å². The van der Waals surface area contributed by atoms with Gasteiger partial charge in [0.25, 0.3) is 0 Å². The quantitative estimate of drug-likeness (QED) is 0.908. The molecule has 0 amide bonds. The lowest BCUT2D eigenvalue weighted by molar-refractivity contribution is 0.609. The Morgan fingerprint density at radius 1 is 1.18 bits per heavy atom. The topological polar surface area (TPSA) is 38.9 Å². The summed E-state index contributed by atoms with van der Waals surface area (Å²) in [5, 5.41) is 0.451. The smallest absolute Gasteiger partial charge is 0.127 e. The van der Waals surface area contributed by atoms with Crippen LogP contribution in [-0.2, 0) is 12.8 Å². The summed E-state index contributed by atoms with van der Waals surface area (Å²) in [6.07, 6.45) is 2.77. The number of pyridine rings is 1. The third-order valence-electron chi connectivity index (χ3n) is 2.63. The van der Waals surface area contributed by atoms with E-state index in [1.807, 2.05) is 12.1 Å². The second kappa shape index (κ2) is 5.15. The number of nitrogens with zero attached hydrogens (tertiary/aromatic N) is 1. The van der Waals surface area contributed by atoms with E-state index >= 15 is 0 Å². The maximum absolute atomic E-state index is 13.5. The highest BCUT2D eigenvalue weighted by molar-refractivity contribution is 6.31. The minimum absolute atomic E-state index is 0.278. The molecule has 0 atom stereocenters. The Balaban J connectivity index is 2.16. The minimum Gasteiger partial charge on any atom is -0.383 e. The van der Waals surface area contributed by atoms with Crippen molar-refractivity contribution in [3.63, 3.8) is 0 Å². The maximum Gasteiger partial charge on any atom is 0.127 e. The van der Waals surface area contributed by atoms with Gasteiger partial charge in [0.15, 0.2) is 0 Å². The number of benzene rings is 1. The third-order valence-corrected chi connectivity index (χ3v) is 2.99. The predicted molar refractivity (Wildman–Crippen MR) is 67.5 cm³/mol. The molecule has 2 nitrogen and oxygen atoms in total. The molecule has 0 aliphatic carbocycles. The van der Waals surface area contributed by atoms with E-state index in [4.69, 9.17) is 17.3 Å². The summed E-state index contributed by atoms with van der Waals surface area (Å²) in [6.45, 7) is 0. The number of nitrogen functional groups attached to an aromatic ring is 1. The fraction of sp³-hybridized carbons (Fsp3) is 0.154. The molecule has 1 heterocycles. The van der Waals surface area contributed by atoms with E-state index in [1.165, 1.54) is 6.07 Å². The van der Waals surface area contributed by atoms with Gasteiger partial charge in [-0.05, 0) is 36.6 Å². The van der Waals surface area contributed by atoms with Crippen molar-refractivity contribution in [2.24, 2.45) is 0 Å². The van der Waals surface area contributed by atoms with Crippen LogP contribution in [0.2, 0.25) is 5.02 Å². The molecule has 17 heavy (non-hydrogen) atoms. The zero-order valence-electron chi connectivity index (χ0n) is 9.16. The van der Waals surface area contributed by atoms with Crippen molar-refractivity contribution in [1.82, 2.24) is 4.98 Å². The van der Waals surface area contributed by atoms with Gasteiger partial charge >= 0.3 is 0 Å². The SMILES string of the molecule is Nc1ncccc1CCc1c(F)cccc1Cl. The van der Waals surface area contributed by atoms with Crippen LogP contribution in [0.5, 0.6) is 0 Å². The monoisotopic (exact) mass is 250 g/mol. The van der Waals surface area contributed by atoms with Gasteiger partial charge in [0.1, 0.15) is 11.6 Å². The van der Waals surface area contributed by atoms with Crippen LogP contribution in [0.15, 0.2) is 36.5 Å². The van der Waals surface area contributed by atoms with E-state index in [0.29, 0.717) is 29.2 Å². The molecular weight excluding hydrogens is 239 g/mol. The van der Waals surface area contributed by atoms with E-state index < -0.39 is 0 Å². The van der Waals surface area contributed by atoms with Gasteiger partial charge in [-0.25, -0.2) is 9.37 Å². The Labute approximate surface area is 104 Å². The standard InChI is InChI=1S/C13H12ClFN2/c14-11-4-1-5-12(15)10(11)7-6-9-3-2-8-17-13(9)16/h1-5,8H,6-7H2,(H2,16,17). The molecular formula is C13H12ClFN2. The number of halogens is 2. The van der Waals surface area contributed by atoms with Crippen molar-refractivity contribution in [2.75, 3.05) is 5.73 Å². The molecule has 2 N–H and O–H groups in total. The van der Waals surface area contributed by atoms with Crippen molar-refractivity contribution in [1.29, 1.82) is 0 Å². The summed E-state index contributed by atoms with van der Waals surface area (Å²) in [6, 6.07) is 8.39. The lowest BCUT2D eigenvalue weighted by Gasteiger charge is -2.07. The Morgan fingerprint density at radius 2 is 2.00 bits per heavy atom. The van der Waals surface area contributed by atoms with Gasteiger partial charge in [0.05, 0.1) is 0 Å². The third kappa shape index (κ3) is 2.74. The average molecular weight is 251 g/mol. The molecule has 0 saturated heterocycles. The predicted octanol–water partition coefficient (Wildman–Crippen LogP) is 3.24. The minimum atomic E-state index is -0.278. The van der Waals surface area contributed by atoms with Crippen molar-refractivity contribution >= 4 is 17.4 Å². The number of anilines is 1. The highest BCUT2D eigenvalue weighted by Gasteiger charge is 2.08. The number of aryl methyl sites for hydroxylation is 1. The van der Waals surface area contributed by atoms with E-state index in [1.54, 1.807) is 18.3 Å². The fourth-order valence-corrected chi connectivity index (χ4v) is 1.95. The molecule has 0 aliphatic rings. The van der Waals surface area contributed by atoms with Crippen LogP contribution in [0, 0.1) is 5.82 Å². The van der Waals surface area contributed by atoms with Crippen molar-refractivity contribution in [3.8, 4) is 0 Å². The van der Waals surface area contributed by atoms with Crippen LogP contribution in [-0.4, -0.2) is 4.98 Å². The van der Waals surface area contributed by atoms with E-state index in [0.717, 1.165) is 5.56 Å². The normalized spacial score (nSPS) is 10.5. The number of aromatic nitrogens is 1. The number of hydrogen-bond donors (Lipinski definition) is 1. The molecule has 0 aliphatic heterocycles. The van der Waals surface area contributed by atoms with Crippen LogP contribution in [0.4, 0.5) is 10.2 Å². The summed E-state index contributed by atoms with van der Waals surface area (Å²) in [4.78, 5) is 3.99. The van der Waals surface area contributed by atoms with Gasteiger partial charge < -0.3 is 5.73 Å². The summed E-state index contributed by atoms with van der Waals surface area (Å²) in [5.41, 5.74) is 7.16. The Morgan fingerprint density at radius 3 is 2.71 bits per heavy atom. The largest absolute Gasteiger partial charge is 0.383 e. The van der Waals surface area contributed by atoms with Crippen LogP contribution >= 0.6 is 11.6 Å². The summed E-state index contributed by atoms with van der Waals surface area (Å²) < 4.78 is 13.5. The zero-order chi connectivity index (χ0) is 12.3. The maximum atomic E-state index is 13.5. The molecule has 1 aromatic heterocycles. The van der Waals surface area contributed by atoms with E-state index in [2.05, 4.69) is 4.98 Å². The molecule has 0 spiro atoms. The van der Waals surface area contributed by atoms with Gasteiger partial charge in [0.2, 0.25) is 0 Å². The van der Waals surface area contributed by atoms with Crippen LogP contribution in [0.25, 0.3) is 0 Å². The van der Waals surface area contributed by atoms with Crippen LogP contribution in [0.3, 0.4) is 0 Å². The molecule has 0 saturated carbocycles. The highest BCUT2D eigenvalue weighted by Crippen LogP contribution is 2.21.